The molecular weight excluding hydrogens is 300 g/mol. The van der Waals surface area contributed by atoms with Crippen molar-refractivity contribution in [3.63, 3.8) is 0 Å². The zero-order valence-electron chi connectivity index (χ0n) is 12.6. The third kappa shape index (κ3) is 1.62. The minimum absolute atomic E-state index is 0.130. The Kier molecular flexibility index (Phi) is 2.48. The standard InChI is InChI=1S/C20H12N2O2/c23-22(24)18-7-2-1-5-15(18)14-8-9-16-17-6-3-4-13-10-11-21(20(13)17)19(16)12-14/h1-12H. The van der Waals surface area contributed by atoms with E-state index in [0.29, 0.717) is 5.56 Å². The molecule has 0 aliphatic carbocycles. The van der Waals surface area contributed by atoms with Crippen molar-refractivity contribution >= 4 is 32.9 Å². The van der Waals surface area contributed by atoms with Crippen molar-refractivity contribution in [2.75, 3.05) is 0 Å². The van der Waals surface area contributed by atoms with Crippen molar-refractivity contribution < 1.29 is 4.92 Å². The van der Waals surface area contributed by atoms with Crippen LogP contribution in [0.1, 0.15) is 0 Å². The van der Waals surface area contributed by atoms with Crippen LogP contribution in [0.2, 0.25) is 0 Å². The number of fused-ring (bicyclic) bond motifs is 3. The van der Waals surface area contributed by atoms with Gasteiger partial charge in [-0.2, -0.15) is 0 Å². The van der Waals surface area contributed by atoms with Crippen LogP contribution in [0.15, 0.2) is 72.9 Å². The summed E-state index contributed by atoms with van der Waals surface area (Å²) < 4.78 is 2.16. The van der Waals surface area contributed by atoms with E-state index in [1.165, 1.54) is 21.7 Å². The van der Waals surface area contributed by atoms with Crippen LogP contribution in [-0.2, 0) is 0 Å². The van der Waals surface area contributed by atoms with Crippen LogP contribution in [0, 0.1) is 10.1 Å². The van der Waals surface area contributed by atoms with E-state index in [1.54, 1.807) is 18.2 Å². The van der Waals surface area contributed by atoms with Crippen molar-refractivity contribution in [1.82, 2.24) is 4.40 Å². The van der Waals surface area contributed by atoms with Gasteiger partial charge in [-0.3, -0.25) is 10.1 Å². The molecule has 0 atom stereocenters. The molecule has 5 rings (SSSR count). The summed E-state index contributed by atoms with van der Waals surface area (Å²) in [5, 5.41) is 14.9. The topological polar surface area (TPSA) is 47.5 Å². The lowest BCUT2D eigenvalue weighted by molar-refractivity contribution is -0.384. The average Bonchev–Trinajstić information content (AvgIpc) is 3.18. The fourth-order valence-electron chi connectivity index (χ4n) is 3.62. The van der Waals surface area contributed by atoms with Gasteiger partial charge < -0.3 is 4.40 Å². The maximum Gasteiger partial charge on any atom is 0.277 e. The summed E-state index contributed by atoms with van der Waals surface area (Å²) in [4.78, 5) is 11.0. The molecule has 0 unspecified atom stereocenters. The molecule has 0 saturated carbocycles. The van der Waals surface area contributed by atoms with Crippen LogP contribution in [0.5, 0.6) is 0 Å². The van der Waals surface area contributed by atoms with Crippen LogP contribution >= 0.6 is 0 Å². The number of hydrogen-bond acceptors (Lipinski definition) is 2. The fraction of sp³-hybridized carbons (Fsp3) is 0. The largest absolute Gasteiger partial charge is 0.315 e. The lowest BCUT2D eigenvalue weighted by Gasteiger charge is -2.04. The van der Waals surface area contributed by atoms with Crippen LogP contribution in [-0.4, -0.2) is 9.32 Å². The van der Waals surface area contributed by atoms with Crippen molar-refractivity contribution in [3.05, 3.63) is 83.0 Å². The molecular formula is C20H12N2O2. The van der Waals surface area contributed by atoms with Gasteiger partial charge in [0.1, 0.15) is 0 Å². The molecule has 24 heavy (non-hydrogen) atoms. The van der Waals surface area contributed by atoms with E-state index in [-0.39, 0.29) is 10.6 Å². The second-order valence-electron chi connectivity index (χ2n) is 5.94. The summed E-state index contributed by atoms with van der Waals surface area (Å²) in [6.07, 6.45) is 2.06. The van der Waals surface area contributed by atoms with Gasteiger partial charge in [0.15, 0.2) is 0 Å². The van der Waals surface area contributed by atoms with Crippen LogP contribution in [0.3, 0.4) is 0 Å². The third-order valence-electron chi connectivity index (χ3n) is 4.67. The summed E-state index contributed by atoms with van der Waals surface area (Å²) in [6, 6.07) is 21.3. The Bertz CT molecular complexity index is 1230. The first-order valence-corrected chi connectivity index (χ1v) is 7.73. The van der Waals surface area contributed by atoms with E-state index in [2.05, 4.69) is 40.9 Å². The van der Waals surface area contributed by atoms with Crippen LogP contribution < -0.4 is 0 Å². The first-order chi connectivity index (χ1) is 11.7. The monoisotopic (exact) mass is 312 g/mol. The van der Waals surface area contributed by atoms with Gasteiger partial charge in [-0.05, 0) is 23.8 Å². The lowest BCUT2D eigenvalue weighted by Crippen LogP contribution is -1.91. The molecule has 0 saturated heterocycles. The molecule has 4 nitrogen and oxygen atoms in total. The maximum atomic E-state index is 11.3. The summed E-state index contributed by atoms with van der Waals surface area (Å²) in [5.41, 5.74) is 3.90. The number of aromatic nitrogens is 1. The Hall–Kier alpha value is -3.40. The number of para-hydroxylation sites is 2. The Labute approximate surface area is 137 Å². The smallest absolute Gasteiger partial charge is 0.277 e. The first-order valence-electron chi connectivity index (χ1n) is 7.73. The number of rotatable bonds is 2. The molecule has 0 fully saturated rings. The van der Waals surface area contributed by atoms with Crippen LogP contribution in [0.4, 0.5) is 5.69 Å². The highest BCUT2D eigenvalue weighted by Crippen LogP contribution is 2.36. The number of nitro groups is 1. The molecule has 114 valence electrons. The van der Waals surface area contributed by atoms with Gasteiger partial charge in [0.2, 0.25) is 0 Å². The molecule has 0 N–H and O–H groups in total. The van der Waals surface area contributed by atoms with E-state index in [4.69, 9.17) is 0 Å². The predicted molar refractivity (Wildman–Crippen MR) is 95.7 cm³/mol. The molecule has 0 aliphatic heterocycles. The first kappa shape index (κ1) is 13.1. The number of nitro benzene ring substituents is 1. The molecule has 2 heterocycles. The normalized spacial score (nSPS) is 11.7. The van der Waals surface area contributed by atoms with Crippen LogP contribution in [0.25, 0.3) is 38.3 Å². The third-order valence-corrected chi connectivity index (χ3v) is 4.67. The highest BCUT2D eigenvalue weighted by molar-refractivity contribution is 6.14. The zero-order valence-corrected chi connectivity index (χ0v) is 12.6. The molecule has 0 aliphatic rings. The molecule has 0 spiro atoms. The second-order valence-corrected chi connectivity index (χ2v) is 5.94. The van der Waals surface area contributed by atoms with Gasteiger partial charge in [-0.1, -0.05) is 42.5 Å². The van der Waals surface area contributed by atoms with E-state index < -0.39 is 0 Å². The number of hydrogen-bond donors (Lipinski definition) is 0. The lowest BCUT2D eigenvalue weighted by atomic mass is 10.0. The zero-order chi connectivity index (χ0) is 16.3. The van der Waals surface area contributed by atoms with Gasteiger partial charge in [0.25, 0.3) is 5.69 Å². The van der Waals surface area contributed by atoms with Gasteiger partial charge in [-0.15, -0.1) is 0 Å². The van der Waals surface area contributed by atoms with Gasteiger partial charge in [0.05, 0.1) is 21.5 Å². The molecule has 5 aromatic rings. The molecule has 0 bridgehead atoms. The Morgan fingerprint density at radius 2 is 1.75 bits per heavy atom. The van der Waals surface area contributed by atoms with E-state index in [1.807, 2.05) is 18.2 Å². The number of nitrogens with zero attached hydrogens (tertiary/aromatic N) is 2. The van der Waals surface area contributed by atoms with Gasteiger partial charge >= 0.3 is 0 Å². The Morgan fingerprint density at radius 3 is 2.62 bits per heavy atom. The summed E-state index contributed by atoms with van der Waals surface area (Å²) in [6.45, 7) is 0. The van der Waals surface area contributed by atoms with Gasteiger partial charge in [-0.25, -0.2) is 0 Å². The molecule has 0 radical (unpaired) electrons. The second kappa shape index (κ2) is 4.55. The van der Waals surface area contributed by atoms with Crippen molar-refractivity contribution in [2.24, 2.45) is 0 Å². The summed E-state index contributed by atoms with van der Waals surface area (Å²) >= 11 is 0. The van der Waals surface area contributed by atoms with Crippen molar-refractivity contribution in [3.8, 4) is 11.1 Å². The Balaban J connectivity index is 1.86. The predicted octanol–water partition coefficient (Wildman–Crippen LogP) is 5.26. The SMILES string of the molecule is O=[N+]([O-])c1ccccc1-c1ccc2c3cccc4ccn(c2c1)c43. The Morgan fingerprint density at radius 1 is 0.875 bits per heavy atom. The molecule has 4 heteroatoms. The van der Waals surface area contributed by atoms with Gasteiger partial charge in [0, 0.05) is 28.4 Å². The minimum Gasteiger partial charge on any atom is -0.315 e. The van der Waals surface area contributed by atoms with Crippen molar-refractivity contribution in [1.29, 1.82) is 0 Å². The fourth-order valence-corrected chi connectivity index (χ4v) is 3.62. The molecule has 3 aromatic carbocycles. The highest BCUT2D eigenvalue weighted by Gasteiger charge is 2.16. The van der Waals surface area contributed by atoms with E-state index in [0.717, 1.165) is 11.1 Å². The highest BCUT2D eigenvalue weighted by atomic mass is 16.6. The molecule has 2 aromatic heterocycles. The summed E-state index contributed by atoms with van der Waals surface area (Å²) in [7, 11) is 0. The summed E-state index contributed by atoms with van der Waals surface area (Å²) in [5.74, 6) is 0. The van der Waals surface area contributed by atoms with Crippen molar-refractivity contribution in [2.45, 2.75) is 0 Å². The average molecular weight is 312 g/mol. The van der Waals surface area contributed by atoms with E-state index >= 15 is 0 Å². The quantitative estimate of drug-likeness (QED) is 0.330. The van der Waals surface area contributed by atoms with E-state index in [9.17, 15) is 10.1 Å². The molecule has 0 amide bonds. The minimum atomic E-state index is -0.328. The number of benzene rings is 3. The maximum absolute atomic E-state index is 11.3.